The van der Waals surface area contributed by atoms with Crippen LogP contribution in [0.5, 0.6) is 0 Å². The zero-order valence-corrected chi connectivity index (χ0v) is 5.22. The van der Waals surface area contributed by atoms with E-state index in [-0.39, 0.29) is 29.6 Å². The molecule has 3 heteroatoms. The van der Waals surface area contributed by atoms with Crippen LogP contribution in [0.25, 0.3) is 0 Å². The van der Waals surface area contributed by atoms with E-state index in [2.05, 4.69) is 12.2 Å². The Morgan fingerprint density at radius 1 is 1.75 bits per heavy atom. The van der Waals surface area contributed by atoms with Crippen molar-refractivity contribution >= 4 is 46.9 Å². The Morgan fingerprint density at radius 2 is 1.75 bits per heavy atom. The van der Waals surface area contributed by atoms with Crippen molar-refractivity contribution in [3.8, 4) is 0 Å². The number of hydrogen-bond donors (Lipinski definition) is 1. The molecule has 1 nitrogen and oxygen atoms in total. The third kappa shape index (κ3) is 14.2. The van der Waals surface area contributed by atoms with Gasteiger partial charge in [0, 0.05) is 29.6 Å². The zero-order valence-electron chi connectivity index (χ0n) is 2.41. The molecule has 0 heterocycles. The maximum absolute atomic E-state index is 5.77. The molecule has 0 spiro atoms. The van der Waals surface area contributed by atoms with Crippen molar-refractivity contribution in [2.75, 3.05) is 0 Å². The predicted molar refractivity (Wildman–Crippen MR) is 21.1 cm³/mol. The van der Waals surface area contributed by atoms with Crippen molar-refractivity contribution in [1.82, 2.24) is 0 Å². The second kappa shape index (κ2) is 9.20. The van der Waals surface area contributed by atoms with Crippen LogP contribution >= 0.6 is 12.2 Å². The summed E-state index contributed by atoms with van der Waals surface area (Å²) in [5.74, 6) is 0. The molecule has 0 unspecified atom stereocenters. The van der Waals surface area contributed by atoms with Crippen molar-refractivity contribution in [2.45, 2.75) is 0 Å². The molecule has 0 fully saturated rings. The molecule has 4 heavy (non-hydrogen) atoms. The van der Waals surface area contributed by atoms with Gasteiger partial charge in [-0.25, -0.2) is 5.41 Å². The van der Waals surface area contributed by atoms with Crippen molar-refractivity contribution < 1.29 is 0 Å². The first-order chi connectivity index (χ1) is 1.41. The molecule has 0 aliphatic heterocycles. The van der Waals surface area contributed by atoms with Crippen LogP contribution < -0.4 is 0 Å². The second-order valence-electron chi connectivity index (χ2n) is 0.102. The van der Waals surface area contributed by atoms with Gasteiger partial charge < -0.3 is 0 Å². The topological polar surface area (TPSA) is 23.9 Å². The summed E-state index contributed by atoms with van der Waals surface area (Å²) in [6.07, 6.45) is 0. The first-order valence-electron chi connectivity index (χ1n) is 0.454. The van der Waals surface area contributed by atoms with Crippen LogP contribution in [-0.2, 0) is 0 Å². The van der Waals surface area contributed by atoms with Gasteiger partial charge in [0.25, 0.3) is 0 Å². The summed E-state index contributed by atoms with van der Waals surface area (Å²) >= 11 is 3.81. The molecule has 0 atom stereocenters. The Morgan fingerprint density at radius 3 is 1.75 bits per heavy atom. The number of rotatable bonds is 0. The van der Waals surface area contributed by atoms with Gasteiger partial charge in [-0.1, -0.05) is 0 Å². The SMILES string of the molecule is N=C=S.[Na]. The molecule has 17 valence electrons. The minimum atomic E-state index is 0. The summed E-state index contributed by atoms with van der Waals surface area (Å²) in [7, 11) is 0. The molecule has 0 saturated heterocycles. The minimum Gasteiger partial charge on any atom is -0.248 e. The Kier molecular flexibility index (Phi) is 20.3. The van der Waals surface area contributed by atoms with Crippen molar-refractivity contribution in [2.24, 2.45) is 0 Å². The summed E-state index contributed by atoms with van der Waals surface area (Å²) in [4.78, 5) is 0. The van der Waals surface area contributed by atoms with Gasteiger partial charge in [0.1, 0.15) is 0 Å². The van der Waals surface area contributed by atoms with E-state index < -0.39 is 0 Å². The molecule has 0 bridgehead atoms. The van der Waals surface area contributed by atoms with Crippen LogP contribution in [0.2, 0.25) is 0 Å². The first kappa shape index (κ1) is 8.84. The van der Waals surface area contributed by atoms with E-state index in [0.29, 0.717) is 0 Å². The molecule has 1 radical (unpaired) electrons. The van der Waals surface area contributed by atoms with E-state index in [0.717, 1.165) is 0 Å². The van der Waals surface area contributed by atoms with Gasteiger partial charge in [-0.3, -0.25) is 0 Å². The third-order valence-electron chi connectivity index (χ3n) is 0. The first-order valence-corrected chi connectivity index (χ1v) is 0.862. The number of nitrogens with one attached hydrogen (secondary N) is 1. The number of hydrogen-bond acceptors (Lipinski definition) is 2. The van der Waals surface area contributed by atoms with E-state index >= 15 is 0 Å². The van der Waals surface area contributed by atoms with Gasteiger partial charge in [-0.05, 0) is 12.2 Å². The van der Waals surface area contributed by atoms with Crippen molar-refractivity contribution in [3.05, 3.63) is 0 Å². The van der Waals surface area contributed by atoms with Crippen LogP contribution in [-0.4, -0.2) is 34.7 Å². The molecule has 0 aromatic rings. The normalized spacial score (nSPS) is 2.00. The monoisotopic (exact) mass is 82.0 g/mol. The van der Waals surface area contributed by atoms with Gasteiger partial charge in [0.15, 0.2) is 0 Å². The summed E-state index contributed by atoms with van der Waals surface area (Å²) < 4.78 is 0. The Hall–Kier alpha value is 0.800. The molecule has 0 aliphatic carbocycles. The quantitative estimate of drug-likeness (QED) is 0.253. The fourth-order valence-electron chi connectivity index (χ4n) is 0. The Balaban J connectivity index is 0. The van der Waals surface area contributed by atoms with E-state index in [1.54, 1.807) is 5.16 Å². The molecular formula is CHNNaS. The van der Waals surface area contributed by atoms with Crippen LogP contribution in [0.3, 0.4) is 0 Å². The molecule has 0 aromatic carbocycles. The van der Waals surface area contributed by atoms with E-state index in [1.807, 2.05) is 0 Å². The van der Waals surface area contributed by atoms with Gasteiger partial charge in [0.05, 0.1) is 5.16 Å². The van der Waals surface area contributed by atoms with E-state index in [4.69, 9.17) is 5.41 Å². The fraction of sp³-hybridized carbons (Fsp3) is 0. The summed E-state index contributed by atoms with van der Waals surface area (Å²) in [6, 6.07) is 0. The fourth-order valence-corrected chi connectivity index (χ4v) is 0. The average Bonchev–Trinajstić information content (AvgIpc) is 0.918. The van der Waals surface area contributed by atoms with Crippen molar-refractivity contribution in [1.29, 1.82) is 5.41 Å². The minimum absolute atomic E-state index is 0. The standard InChI is InChI=1S/CHNS.Na/c2-1-3;/h2H;. The van der Waals surface area contributed by atoms with E-state index in [9.17, 15) is 0 Å². The third-order valence-corrected chi connectivity index (χ3v) is 0. The molecule has 0 rings (SSSR count). The Labute approximate surface area is 52.2 Å². The largest absolute Gasteiger partial charge is 0.248 e. The van der Waals surface area contributed by atoms with Crippen LogP contribution in [0.1, 0.15) is 0 Å². The van der Waals surface area contributed by atoms with Gasteiger partial charge in [0.2, 0.25) is 0 Å². The molecule has 0 saturated carbocycles. The maximum atomic E-state index is 5.77. The maximum Gasteiger partial charge on any atom is 0.0554 e. The number of thiocarbonyl (C=S) groups is 1. The molecule has 0 aliphatic rings. The zero-order chi connectivity index (χ0) is 2.71. The van der Waals surface area contributed by atoms with Crippen LogP contribution in [0, 0.1) is 5.41 Å². The van der Waals surface area contributed by atoms with Gasteiger partial charge >= 0.3 is 0 Å². The van der Waals surface area contributed by atoms with Gasteiger partial charge in [-0.15, -0.1) is 0 Å². The number of isothiocyanates is 1. The van der Waals surface area contributed by atoms with Gasteiger partial charge in [-0.2, -0.15) is 0 Å². The smallest absolute Gasteiger partial charge is 0.0554 e. The van der Waals surface area contributed by atoms with E-state index in [1.165, 1.54) is 0 Å². The molecular weight excluding hydrogens is 81.1 g/mol. The van der Waals surface area contributed by atoms with Crippen LogP contribution in [0.15, 0.2) is 0 Å². The summed E-state index contributed by atoms with van der Waals surface area (Å²) in [6.45, 7) is 0. The second-order valence-corrected chi connectivity index (χ2v) is 0.306. The summed E-state index contributed by atoms with van der Waals surface area (Å²) in [5.41, 5.74) is 0. The van der Waals surface area contributed by atoms with Crippen LogP contribution in [0.4, 0.5) is 0 Å². The molecule has 0 aromatic heterocycles. The predicted octanol–water partition coefficient (Wildman–Crippen LogP) is 0.287. The average molecular weight is 82.1 g/mol. The molecule has 1 N–H and O–H groups in total. The van der Waals surface area contributed by atoms with Crippen molar-refractivity contribution in [3.63, 3.8) is 0 Å². The molecule has 0 amide bonds. The Bertz CT molecular complexity index is 29.0. The summed E-state index contributed by atoms with van der Waals surface area (Å²) in [5, 5.41) is 7.36.